The first-order chi connectivity index (χ1) is 7.63. The third-order valence-corrected chi connectivity index (χ3v) is 3.59. The molecule has 0 heterocycles. The zero-order chi connectivity index (χ0) is 13.7. The Bertz CT molecular complexity index is 388. The number of sulfonamides is 1. The van der Waals surface area contributed by atoms with E-state index in [1.165, 1.54) is 13.8 Å². The van der Waals surface area contributed by atoms with Gasteiger partial charge in [-0.25, -0.2) is 13.1 Å². The number of carbonyl (C=O) groups is 2. The van der Waals surface area contributed by atoms with Crippen LogP contribution in [0.3, 0.4) is 0 Å². The topological polar surface area (TPSA) is 113 Å². The normalized spacial score (nSPS) is 12.2. The van der Waals surface area contributed by atoms with Gasteiger partial charge in [0.2, 0.25) is 15.9 Å². The van der Waals surface area contributed by atoms with Gasteiger partial charge in [-0.05, 0) is 13.8 Å². The Balaban J connectivity index is 4.24. The van der Waals surface area contributed by atoms with Crippen LogP contribution >= 0.6 is 0 Å². The van der Waals surface area contributed by atoms with Crippen molar-refractivity contribution >= 4 is 21.9 Å². The van der Waals surface area contributed by atoms with Crippen molar-refractivity contribution in [2.75, 3.05) is 18.8 Å². The molecular weight excluding hydrogens is 248 g/mol. The molecule has 0 aromatic heterocycles. The molecule has 8 heteroatoms. The summed E-state index contributed by atoms with van der Waals surface area (Å²) in [6.07, 6.45) is 0. The van der Waals surface area contributed by atoms with Crippen LogP contribution < -0.4 is 10.0 Å². The fourth-order valence-electron chi connectivity index (χ4n) is 0.909. The number of amides is 1. The van der Waals surface area contributed by atoms with Crippen LogP contribution in [0.4, 0.5) is 0 Å². The van der Waals surface area contributed by atoms with Gasteiger partial charge in [-0.2, -0.15) is 0 Å². The molecule has 3 N–H and O–H groups in total. The molecule has 0 aliphatic carbocycles. The minimum atomic E-state index is -3.41. The molecule has 0 aliphatic heterocycles. The van der Waals surface area contributed by atoms with E-state index in [2.05, 4.69) is 10.0 Å². The number of carbonyl (C=O) groups excluding carboxylic acids is 1. The summed E-state index contributed by atoms with van der Waals surface area (Å²) in [6, 6.07) is 0. The number of aliphatic carboxylic acids is 1. The first-order valence-corrected chi connectivity index (χ1v) is 6.77. The van der Waals surface area contributed by atoms with Crippen molar-refractivity contribution in [3.63, 3.8) is 0 Å². The number of hydrogen-bond acceptors (Lipinski definition) is 4. The minimum Gasteiger partial charge on any atom is -0.480 e. The summed E-state index contributed by atoms with van der Waals surface area (Å²) < 4.78 is 24.7. The molecule has 0 bridgehead atoms. The van der Waals surface area contributed by atoms with Crippen LogP contribution in [-0.4, -0.2) is 44.2 Å². The molecule has 0 radical (unpaired) electrons. The van der Waals surface area contributed by atoms with E-state index in [0.29, 0.717) is 0 Å². The Morgan fingerprint density at radius 3 is 2.24 bits per heavy atom. The van der Waals surface area contributed by atoms with E-state index in [9.17, 15) is 18.0 Å². The van der Waals surface area contributed by atoms with E-state index in [4.69, 9.17) is 5.11 Å². The van der Waals surface area contributed by atoms with Crippen molar-refractivity contribution in [3.8, 4) is 0 Å². The molecule has 7 nitrogen and oxygen atoms in total. The summed E-state index contributed by atoms with van der Waals surface area (Å²) in [5.74, 6) is -2.25. The van der Waals surface area contributed by atoms with Crippen molar-refractivity contribution < 1.29 is 23.1 Å². The maximum absolute atomic E-state index is 11.4. The quantitative estimate of drug-likeness (QED) is 0.520. The molecular formula is C9H18N2O5S. The zero-order valence-corrected chi connectivity index (χ0v) is 10.9. The van der Waals surface area contributed by atoms with Gasteiger partial charge in [0, 0.05) is 13.1 Å². The fourth-order valence-corrected chi connectivity index (χ4v) is 1.86. The van der Waals surface area contributed by atoms with Gasteiger partial charge in [0.05, 0.1) is 5.75 Å². The van der Waals surface area contributed by atoms with Crippen molar-refractivity contribution in [3.05, 3.63) is 0 Å². The Labute approximate surface area is 101 Å². The van der Waals surface area contributed by atoms with Crippen LogP contribution in [0.1, 0.15) is 20.8 Å². The molecule has 17 heavy (non-hydrogen) atoms. The lowest BCUT2D eigenvalue weighted by atomic mass is 9.93. The van der Waals surface area contributed by atoms with E-state index >= 15 is 0 Å². The highest BCUT2D eigenvalue weighted by Crippen LogP contribution is 2.14. The average molecular weight is 266 g/mol. The van der Waals surface area contributed by atoms with Crippen LogP contribution in [0.2, 0.25) is 0 Å². The maximum atomic E-state index is 11.4. The molecule has 0 spiro atoms. The summed E-state index contributed by atoms with van der Waals surface area (Å²) in [5.41, 5.74) is -1.57. The molecule has 0 aliphatic rings. The van der Waals surface area contributed by atoms with Gasteiger partial charge in [0.25, 0.3) is 0 Å². The Hall–Kier alpha value is -1.15. The number of rotatable bonds is 7. The van der Waals surface area contributed by atoms with Crippen LogP contribution in [0.15, 0.2) is 0 Å². The largest absolute Gasteiger partial charge is 0.480 e. The molecule has 0 rings (SSSR count). The molecule has 0 aromatic carbocycles. The van der Waals surface area contributed by atoms with Gasteiger partial charge in [-0.15, -0.1) is 0 Å². The number of nitrogens with one attached hydrogen (secondary N) is 2. The molecule has 0 saturated heterocycles. The minimum absolute atomic E-state index is 0.120. The number of hydrogen-bond donors (Lipinski definition) is 3. The van der Waals surface area contributed by atoms with Crippen LogP contribution in [0.5, 0.6) is 0 Å². The standard InChI is InChI=1S/C9H18N2O5S/c1-4-11-17(15,16)6-5-10-7(12)9(2,3)8(13)14/h11H,4-6H2,1-3H3,(H,10,12)(H,13,14). The first kappa shape index (κ1) is 15.9. The highest BCUT2D eigenvalue weighted by molar-refractivity contribution is 7.89. The Morgan fingerprint density at radius 1 is 1.29 bits per heavy atom. The van der Waals surface area contributed by atoms with E-state index < -0.39 is 27.3 Å². The second-order valence-electron chi connectivity index (χ2n) is 4.00. The van der Waals surface area contributed by atoms with E-state index in [-0.39, 0.29) is 18.8 Å². The van der Waals surface area contributed by atoms with E-state index in [0.717, 1.165) is 0 Å². The van der Waals surface area contributed by atoms with Crippen LogP contribution in [0.25, 0.3) is 0 Å². The highest BCUT2D eigenvalue weighted by Gasteiger charge is 2.35. The monoisotopic (exact) mass is 266 g/mol. The predicted molar refractivity (Wildman–Crippen MR) is 61.9 cm³/mol. The SMILES string of the molecule is CCNS(=O)(=O)CCNC(=O)C(C)(C)C(=O)O. The summed E-state index contributed by atoms with van der Waals surface area (Å²) in [5, 5.41) is 11.0. The lowest BCUT2D eigenvalue weighted by molar-refractivity contribution is -0.153. The van der Waals surface area contributed by atoms with Gasteiger partial charge in [0.1, 0.15) is 5.41 Å². The second kappa shape index (κ2) is 5.97. The summed E-state index contributed by atoms with van der Waals surface area (Å²) >= 11 is 0. The number of carboxylic acid groups (broad SMARTS) is 1. The molecule has 0 saturated carbocycles. The van der Waals surface area contributed by atoms with Gasteiger partial charge < -0.3 is 10.4 Å². The molecule has 0 unspecified atom stereocenters. The van der Waals surface area contributed by atoms with Gasteiger partial charge in [-0.1, -0.05) is 6.92 Å². The summed E-state index contributed by atoms with van der Waals surface area (Å²) in [7, 11) is -3.41. The molecule has 100 valence electrons. The van der Waals surface area contributed by atoms with Gasteiger partial charge in [-0.3, -0.25) is 9.59 Å². The van der Waals surface area contributed by atoms with Gasteiger partial charge >= 0.3 is 5.97 Å². The molecule has 0 aromatic rings. The lowest BCUT2D eigenvalue weighted by Crippen LogP contribution is -2.44. The van der Waals surface area contributed by atoms with Crippen molar-refractivity contribution in [2.45, 2.75) is 20.8 Å². The Morgan fingerprint density at radius 2 is 1.82 bits per heavy atom. The third kappa shape index (κ3) is 5.14. The van der Waals surface area contributed by atoms with Crippen molar-refractivity contribution in [1.29, 1.82) is 0 Å². The number of carboxylic acids is 1. The molecule has 1 amide bonds. The first-order valence-electron chi connectivity index (χ1n) is 5.12. The second-order valence-corrected chi connectivity index (χ2v) is 5.93. The maximum Gasteiger partial charge on any atom is 0.318 e. The Kier molecular flexibility index (Phi) is 5.56. The zero-order valence-electron chi connectivity index (χ0n) is 10.1. The molecule has 0 fully saturated rings. The highest BCUT2D eigenvalue weighted by atomic mass is 32.2. The van der Waals surface area contributed by atoms with Crippen LogP contribution in [0, 0.1) is 5.41 Å². The average Bonchev–Trinajstić information content (AvgIpc) is 2.16. The third-order valence-electron chi connectivity index (χ3n) is 2.12. The van der Waals surface area contributed by atoms with Crippen molar-refractivity contribution in [1.82, 2.24) is 10.0 Å². The predicted octanol–water partition coefficient (Wildman–Crippen LogP) is -0.847. The van der Waals surface area contributed by atoms with E-state index in [1.54, 1.807) is 6.92 Å². The summed E-state index contributed by atoms with van der Waals surface area (Å²) in [4.78, 5) is 22.2. The smallest absolute Gasteiger partial charge is 0.318 e. The van der Waals surface area contributed by atoms with Gasteiger partial charge in [0.15, 0.2) is 0 Å². The lowest BCUT2D eigenvalue weighted by Gasteiger charge is -2.18. The summed E-state index contributed by atoms with van der Waals surface area (Å²) in [6.45, 7) is 4.30. The van der Waals surface area contributed by atoms with Crippen molar-refractivity contribution in [2.24, 2.45) is 5.41 Å². The fraction of sp³-hybridized carbons (Fsp3) is 0.778. The van der Waals surface area contributed by atoms with E-state index in [1.807, 2.05) is 0 Å². The molecule has 0 atom stereocenters. The van der Waals surface area contributed by atoms with Crippen LogP contribution in [-0.2, 0) is 19.6 Å².